The molecule has 1 heterocycles. The van der Waals surface area contributed by atoms with Gasteiger partial charge in [0.2, 0.25) is 0 Å². The molecule has 0 aliphatic heterocycles. The zero-order chi connectivity index (χ0) is 20.0. The minimum absolute atomic E-state index is 0.122. The number of fused-ring (bicyclic) bond motifs is 1. The molecule has 0 fully saturated rings. The molecule has 0 saturated heterocycles. The molecule has 27 heavy (non-hydrogen) atoms. The van der Waals surface area contributed by atoms with E-state index in [9.17, 15) is 14.4 Å². The number of carbonyl (C=O) groups excluding carboxylic acids is 2. The first-order valence-electron chi connectivity index (χ1n) is 8.75. The maximum absolute atomic E-state index is 12.0. The van der Waals surface area contributed by atoms with Crippen LogP contribution in [-0.2, 0) is 25.5 Å². The molecule has 2 aromatic rings. The quantitative estimate of drug-likeness (QED) is 0.303. The summed E-state index contributed by atoms with van der Waals surface area (Å²) in [6, 6.07) is 4.69. The maximum atomic E-state index is 12.0. The van der Waals surface area contributed by atoms with Crippen LogP contribution < -0.4 is 10.4 Å². The Bertz CT molecular complexity index is 880. The van der Waals surface area contributed by atoms with Crippen LogP contribution >= 0.6 is 0 Å². The number of methoxy groups -OCH3 is 1. The molecule has 0 atom stereocenters. The van der Waals surface area contributed by atoms with Gasteiger partial charge in [-0.1, -0.05) is 13.8 Å². The maximum Gasteiger partial charge on any atom is 0.336 e. The van der Waals surface area contributed by atoms with Crippen molar-refractivity contribution in [2.24, 2.45) is 5.92 Å². The highest BCUT2D eigenvalue weighted by atomic mass is 16.6. The Labute approximate surface area is 157 Å². The first-order chi connectivity index (χ1) is 12.8. The van der Waals surface area contributed by atoms with Crippen molar-refractivity contribution in [2.45, 2.75) is 33.6 Å². The number of aryl methyl sites for hydroxylation is 2. The first-order valence-corrected chi connectivity index (χ1v) is 8.75. The van der Waals surface area contributed by atoms with Crippen molar-refractivity contribution in [1.29, 1.82) is 0 Å². The highest BCUT2D eigenvalue weighted by molar-refractivity contribution is 5.84. The second-order valence-corrected chi connectivity index (χ2v) is 6.49. The molecule has 0 aliphatic carbocycles. The summed E-state index contributed by atoms with van der Waals surface area (Å²) in [6.07, 6.45) is 0.443. The van der Waals surface area contributed by atoms with Crippen molar-refractivity contribution < 1.29 is 28.2 Å². The molecule has 2 rings (SSSR count). The van der Waals surface area contributed by atoms with Gasteiger partial charge in [0.05, 0.1) is 12.5 Å². The first kappa shape index (κ1) is 20.6. The monoisotopic (exact) mass is 376 g/mol. The molecule has 0 unspecified atom stereocenters. The summed E-state index contributed by atoms with van der Waals surface area (Å²) in [5.74, 6) is -0.824. The number of esters is 2. The summed E-state index contributed by atoms with van der Waals surface area (Å²) in [6.45, 7) is 5.76. The lowest BCUT2D eigenvalue weighted by molar-refractivity contribution is -0.144. The Morgan fingerprint density at radius 3 is 2.56 bits per heavy atom. The van der Waals surface area contributed by atoms with Gasteiger partial charge in [-0.3, -0.25) is 9.59 Å². The predicted octanol–water partition coefficient (Wildman–Crippen LogP) is 2.79. The lowest BCUT2D eigenvalue weighted by Gasteiger charge is -2.13. The molecular weight excluding hydrogens is 352 g/mol. The van der Waals surface area contributed by atoms with Gasteiger partial charge >= 0.3 is 17.6 Å². The largest absolute Gasteiger partial charge is 0.463 e. The molecule has 0 spiro atoms. The zero-order valence-corrected chi connectivity index (χ0v) is 16.0. The molecule has 0 saturated carbocycles. The molecule has 146 valence electrons. The Morgan fingerprint density at radius 2 is 1.89 bits per heavy atom. The summed E-state index contributed by atoms with van der Waals surface area (Å²) < 4.78 is 20.6. The third-order valence-electron chi connectivity index (χ3n) is 3.96. The van der Waals surface area contributed by atoms with Crippen molar-refractivity contribution in [3.63, 3.8) is 0 Å². The van der Waals surface area contributed by atoms with Crippen LogP contribution in [0.1, 0.15) is 31.4 Å². The number of rotatable bonds is 8. The van der Waals surface area contributed by atoms with Crippen molar-refractivity contribution in [3.05, 3.63) is 39.7 Å². The summed E-state index contributed by atoms with van der Waals surface area (Å²) in [7, 11) is 1.53. The van der Waals surface area contributed by atoms with Crippen molar-refractivity contribution >= 4 is 22.9 Å². The lowest BCUT2D eigenvalue weighted by atomic mass is 10.0. The van der Waals surface area contributed by atoms with Gasteiger partial charge in [-0.25, -0.2) is 4.79 Å². The third-order valence-corrected chi connectivity index (χ3v) is 3.96. The highest BCUT2D eigenvalue weighted by Gasteiger charge is 2.17. The fraction of sp³-hybridized carbons (Fsp3) is 0.450. The number of hydrogen-bond donors (Lipinski definition) is 0. The number of hydrogen-bond acceptors (Lipinski definition) is 7. The van der Waals surface area contributed by atoms with Gasteiger partial charge in [0.25, 0.3) is 0 Å². The van der Waals surface area contributed by atoms with Crippen molar-refractivity contribution in [1.82, 2.24) is 0 Å². The van der Waals surface area contributed by atoms with Gasteiger partial charge in [-0.05, 0) is 30.5 Å². The van der Waals surface area contributed by atoms with Crippen molar-refractivity contribution in [2.75, 3.05) is 20.3 Å². The molecular formula is C20H24O7. The Kier molecular flexibility index (Phi) is 7.12. The number of benzene rings is 1. The third kappa shape index (κ3) is 5.65. The van der Waals surface area contributed by atoms with Gasteiger partial charge in [0.1, 0.15) is 17.9 Å². The van der Waals surface area contributed by atoms with E-state index < -0.39 is 11.6 Å². The molecule has 7 nitrogen and oxygen atoms in total. The van der Waals surface area contributed by atoms with E-state index in [4.69, 9.17) is 18.6 Å². The van der Waals surface area contributed by atoms with E-state index in [1.165, 1.54) is 19.2 Å². The minimum atomic E-state index is -0.476. The van der Waals surface area contributed by atoms with Crippen LogP contribution in [0.5, 0.6) is 5.75 Å². The molecule has 1 aromatic carbocycles. The topological polar surface area (TPSA) is 92.0 Å². The minimum Gasteiger partial charge on any atom is -0.463 e. The van der Waals surface area contributed by atoms with Crippen LogP contribution in [0.4, 0.5) is 0 Å². The van der Waals surface area contributed by atoms with Gasteiger partial charge in [-0.15, -0.1) is 0 Å². The fourth-order valence-electron chi connectivity index (χ4n) is 2.46. The van der Waals surface area contributed by atoms with E-state index in [-0.39, 0.29) is 30.7 Å². The normalized spacial score (nSPS) is 11.0. The summed E-state index contributed by atoms with van der Waals surface area (Å²) in [4.78, 5) is 35.5. The van der Waals surface area contributed by atoms with Gasteiger partial charge in [0.15, 0.2) is 0 Å². The van der Waals surface area contributed by atoms with E-state index in [1.807, 2.05) is 0 Å². The van der Waals surface area contributed by atoms with E-state index in [2.05, 4.69) is 0 Å². The lowest BCUT2D eigenvalue weighted by Crippen LogP contribution is -2.16. The van der Waals surface area contributed by atoms with E-state index in [1.54, 1.807) is 26.8 Å². The number of ether oxygens (including phenoxy) is 3. The Hall–Kier alpha value is -2.67. The van der Waals surface area contributed by atoms with E-state index in [0.717, 1.165) is 10.9 Å². The smallest absolute Gasteiger partial charge is 0.336 e. The van der Waals surface area contributed by atoms with E-state index >= 15 is 0 Å². The highest BCUT2D eigenvalue weighted by Crippen LogP contribution is 2.29. The van der Waals surface area contributed by atoms with Crippen LogP contribution in [0.25, 0.3) is 11.0 Å². The molecule has 0 amide bonds. The predicted molar refractivity (Wildman–Crippen MR) is 98.9 cm³/mol. The fourth-order valence-corrected chi connectivity index (χ4v) is 2.46. The van der Waals surface area contributed by atoms with Gasteiger partial charge in [0, 0.05) is 31.0 Å². The second kappa shape index (κ2) is 9.32. The average Bonchev–Trinajstić information content (AvgIpc) is 2.60. The van der Waals surface area contributed by atoms with Gasteiger partial charge < -0.3 is 18.6 Å². The summed E-state index contributed by atoms with van der Waals surface area (Å²) in [5.41, 5.74) is 1.26. The summed E-state index contributed by atoms with van der Waals surface area (Å²) in [5, 5.41) is 0.724. The van der Waals surface area contributed by atoms with Crippen molar-refractivity contribution in [3.8, 4) is 5.75 Å². The Morgan fingerprint density at radius 1 is 1.15 bits per heavy atom. The van der Waals surface area contributed by atoms with Crippen LogP contribution in [0.2, 0.25) is 0 Å². The molecule has 0 bridgehead atoms. The van der Waals surface area contributed by atoms with Crippen LogP contribution in [0, 0.1) is 12.8 Å². The second-order valence-electron chi connectivity index (χ2n) is 6.49. The van der Waals surface area contributed by atoms with Crippen LogP contribution in [0.15, 0.2) is 27.4 Å². The molecule has 7 heteroatoms. The molecule has 1 aromatic heterocycles. The summed E-state index contributed by atoms with van der Waals surface area (Å²) >= 11 is 0. The van der Waals surface area contributed by atoms with Crippen LogP contribution in [0.3, 0.4) is 0 Å². The molecule has 0 N–H and O–H groups in total. The Balaban J connectivity index is 2.31. The molecule has 0 radical (unpaired) electrons. The van der Waals surface area contributed by atoms with Gasteiger partial charge in [-0.2, -0.15) is 0 Å². The number of carbonyl (C=O) groups is 2. The standard InChI is InChI=1S/C20H24O7/c1-12(2)20(23)27-16-11-17-15(13(3)9-19(22)26-17)10-14(16)5-6-18(21)25-8-7-24-4/h9-12H,5-8H2,1-4H3. The average molecular weight is 376 g/mol. The molecule has 0 aliphatic rings. The van der Waals surface area contributed by atoms with E-state index in [0.29, 0.717) is 24.2 Å². The van der Waals surface area contributed by atoms with Crippen LogP contribution in [-0.4, -0.2) is 32.3 Å². The zero-order valence-electron chi connectivity index (χ0n) is 16.0. The SMILES string of the molecule is COCCOC(=O)CCc1cc2c(C)cc(=O)oc2cc1OC(=O)C(C)C.